The Morgan fingerprint density at radius 3 is 2.86 bits per heavy atom. The van der Waals surface area contributed by atoms with Crippen molar-refractivity contribution < 1.29 is 13.9 Å². The van der Waals surface area contributed by atoms with E-state index in [9.17, 15) is 9.18 Å². The molecule has 0 saturated heterocycles. The third kappa shape index (κ3) is 2.33. The number of benzene rings is 1. The smallest absolute Gasteiger partial charge is 0.165 e. The summed E-state index contributed by atoms with van der Waals surface area (Å²) < 4.78 is 18.1. The topological polar surface area (TPSA) is 26.3 Å². The van der Waals surface area contributed by atoms with Gasteiger partial charge < -0.3 is 4.74 Å². The van der Waals surface area contributed by atoms with E-state index in [4.69, 9.17) is 11.2 Å². The van der Waals surface area contributed by atoms with Gasteiger partial charge in [0.15, 0.2) is 17.3 Å². The van der Waals surface area contributed by atoms with E-state index >= 15 is 0 Å². The zero-order chi connectivity index (χ0) is 10.6. The van der Waals surface area contributed by atoms with Gasteiger partial charge in [-0.15, -0.1) is 6.42 Å². The number of ether oxygens (including phenoxy) is 1. The maximum absolute atomic E-state index is 13.2. The molecule has 0 spiro atoms. The van der Waals surface area contributed by atoms with Crippen LogP contribution in [0.25, 0.3) is 0 Å². The predicted molar refractivity (Wildman–Crippen MR) is 50.7 cm³/mol. The van der Waals surface area contributed by atoms with Gasteiger partial charge >= 0.3 is 0 Å². The minimum Gasteiger partial charge on any atom is -0.478 e. The first-order chi connectivity index (χ1) is 6.65. The molecule has 0 atom stereocenters. The van der Waals surface area contributed by atoms with Crippen molar-refractivity contribution in [2.45, 2.75) is 6.92 Å². The number of terminal acetylenes is 1. The fraction of sp³-hybridized carbons (Fsp3) is 0.182. The molecule has 0 radical (unpaired) electrons. The van der Waals surface area contributed by atoms with Crippen molar-refractivity contribution in [2.24, 2.45) is 0 Å². The molecule has 14 heavy (non-hydrogen) atoms. The number of ketones is 1. The van der Waals surface area contributed by atoms with E-state index in [1.165, 1.54) is 19.1 Å². The molecule has 1 aromatic carbocycles. The predicted octanol–water partition coefficient (Wildman–Crippen LogP) is 2.04. The van der Waals surface area contributed by atoms with Crippen molar-refractivity contribution in [3.8, 4) is 18.1 Å². The first-order valence-corrected chi connectivity index (χ1v) is 4.02. The normalized spacial score (nSPS) is 9.21. The summed E-state index contributed by atoms with van der Waals surface area (Å²) in [6.45, 7) is 1.38. The van der Waals surface area contributed by atoms with E-state index in [0.29, 0.717) is 5.56 Å². The van der Waals surface area contributed by atoms with E-state index in [1.54, 1.807) is 0 Å². The molecule has 3 heteroatoms. The Morgan fingerprint density at radius 1 is 1.64 bits per heavy atom. The van der Waals surface area contributed by atoms with Crippen LogP contribution >= 0.6 is 0 Å². The van der Waals surface area contributed by atoms with Crippen LogP contribution in [-0.2, 0) is 0 Å². The van der Waals surface area contributed by atoms with Crippen LogP contribution in [0.2, 0.25) is 0 Å². The van der Waals surface area contributed by atoms with Crippen molar-refractivity contribution >= 4 is 5.78 Å². The molecule has 0 aliphatic carbocycles. The maximum Gasteiger partial charge on any atom is 0.165 e. The second-order valence-corrected chi connectivity index (χ2v) is 2.69. The minimum absolute atomic E-state index is 0.0103. The van der Waals surface area contributed by atoms with Gasteiger partial charge in [0.25, 0.3) is 0 Å². The van der Waals surface area contributed by atoms with Crippen molar-refractivity contribution in [1.29, 1.82) is 0 Å². The SMILES string of the molecule is C#CCOc1ccc(C(C)=O)cc1F. The summed E-state index contributed by atoms with van der Waals surface area (Å²) in [4.78, 5) is 10.9. The third-order valence-corrected chi connectivity index (χ3v) is 1.65. The van der Waals surface area contributed by atoms with Crippen LogP contribution in [0.15, 0.2) is 18.2 Å². The molecular formula is C11H9FO2. The Hall–Kier alpha value is -1.82. The first-order valence-electron chi connectivity index (χ1n) is 4.02. The van der Waals surface area contributed by atoms with Gasteiger partial charge in [0.1, 0.15) is 6.61 Å². The number of halogens is 1. The Morgan fingerprint density at radius 2 is 2.36 bits per heavy atom. The number of hydrogen-bond acceptors (Lipinski definition) is 2. The molecule has 72 valence electrons. The summed E-state index contributed by atoms with van der Waals surface area (Å²) >= 11 is 0. The fourth-order valence-electron chi connectivity index (χ4n) is 0.956. The molecule has 1 aromatic rings. The molecule has 0 saturated carbocycles. The lowest BCUT2D eigenvalue weighted by Gasteiger charge is -2.04. The first kappa shape index (κ1) is 10.3. The standard InChI is InChI=1S/C11H9FO2/c1-3-6-14-11-5-4-9(8(2)13)7-10(11)12/h1,4-5,7H,6H2,2H3. The number of hydrogen-bond donors (Lipinski definition) is 0. The molecule has 0 aliphatic heterocycles. The summed E-state index contributed by atoms with van der Waals surface area (Å²) in [5, 5.41) is 0. The van der Waals surface area contributed by atoms with E-state index in [1.807, 2.05) is 0 Å². The maximum atomic E-state index is 13.2. The Balaban J connectivity index is 2.91. The van der Waals surface area contributed by atoms with Crippen molar-refractivity contribution in [3.05, 3.63) is 29.6 Å². The highest BCUT2D eigenvalue weighted by molar-refractivity contribution is 5.94. The third-order valence-electron chi connectivity index (χ3n) is 1.65. The summed E-state index contributed by atoms with van der Waals surface area (Å²) in [6.07, 6.45) is 4.95. The number of carbonyl (C=O) groups excluding carboxylic acids is 1. The number of rotatable bonds is 3. The molecule has 0 amide bonds. The van der Waals surface area contributed by atoms with E-state index in [2.05, 4.69) is 5.92 Å². The molecule has 2 nitrogen and oxygen atoms in total. The largest absolute Gasteiger partial charge is 0.478 e. The highest BCUT2D eigenvalue weighted by atomic mass is 19.1. The molecule has 0 aliphatic rings. The Labute approximate surface area is 81.7 Å². The van der Waals surface area contributed by atoms with Gasteiger partial charge in [-0.05, 0) is 25.1 Å². The summed E-state index contributed by atoms with van der Waals surface area (Å²) in [5.41, 5.74) is 0.315. The quantitative estimate of drug-likeness (QED) is 0.541. The van der Waals surface area contributed by atoms with Gasteiger partial charge in [0.05, 0.1) is 0 Å². The van der Waals surface area contributed by atoms with Gasteiger partial charge in [0.2, 0.25) is 0 Å². The Bertz CT molecular complexity index is 391. The minimum atomic E-state index is -0.576. The lowest BCUT2D eigenvalue weighted by Crippen LogP contribution is -1.98. The lowest BCUT2D eigenvalue weighted by atomic mass is 10.1. The number of carbonyl (C=O) groups is 1. The van der Waals surface area contributed by atoms with Crippen molar-refractivity contribution in [2.75, 3.05) is 6.61 Å². The average molecular weight is 192 g/mol. The van der Waals surface area contributed by atoms with E-state index < -0.39 is 5.82 Å². The Kier molecular flexibility index (Phi) is 3.24. The van der Waals surface area contributed by atoms with Crippen LogP contribution in [0.4, 0.5) is 4.39 Å². The highest BCUT2D eigenvalue weighted by Crippen LogP contribution is 2.18. The molecule has 1 rings (SSSR count). The van der Waals surface area contributed by atoms with Gasteiger partial charge in [-0.1, -0.05) is 5.92 Å². The molecule has 0 N–H and O–H groups in total. The molecule has 0 bridgehead atoms. The lowest BCUT2D eigenvalue weighted by molar-refractivity contribution is 0.101. The van der Waals surface area contributed by atoms with Crippen LogP contribution in [0, 0.1) is 18.2 Å². The summed E-state index contributed by atoms with van der Waals surface area (Å²) in [7, 11) is 0. The molecule has 0 unspecified atom stereocenters. The van der Waals surface area contributed by atoms with Crippen molar-refractivity contribution in [3.63, 3.8) is 0 Å². The van der Waals surface area contributed by atoms with Crippen LogP contribution in [0.5, 0.6) is 5.75 Å². The second kappa shape index (κ2) is 4.43. The zero-order valence-electron chi connectivity index (χ0n) is 7.71. The van der Waals surface area contributed by atoms with Crippen molar-refractivity contribution in [1.82, 2.24) is 0 Å². The van der Waals surface area contributed by atoms with Gasteiger partial charge in [-0.2, -0.15) is 0 Å². The number of Topliss-reactive ketones (excluding diaryl/α,β-unsaturated/α-hetero) is 1. The van der Waals surface area contributed by atoms with Crippen LogP contribution in [0.1, 0.15) is 17.3 Å². The van der Waals surface area contributed by atoms with Gasteiger partial charge in [-0.25, -0.2) is 4.39 Å². The second-order valence-electron chi connectivity index (χ2n) is 2.69. The molecular weight excluding hydrogens is 183 g/mol. The highest BCUT2D eigenvalue weighted by Gasteiger charge is 2.06. The van der Waals surface area contributed by atoms with Gasteiger partial charge in [-0.3, -0.25) is 4.79 Å². The summed E-state index contributed by atoms with van der Waals surface area (Å²) in [5.74, 6) is 1.52. The molecule has 0 heterocycles. The summed E-state index contributed by atoms with van der Waals surface area (Å²) in [6, 6.07) is 4.02. The van der Waals surface area contributed by atoms with Gasteiger partial charge in [0, 0.05) is 5.56 Å². The molecule has 0 fully saturated rings. The molecule has 0 aromatic heterocycles. The van der Waals surface area contributed by atoms with E-state index in [0.717, 1.165) is 6.07 Å². The van der Waals surface area contributed by atoms with Crippen LogP contribution < -0.4 is 4.74 Å². The zero-order valence-corrected chi connectivity index (χ0v) is 7.71. The monoisotopic (exact) mass is 192 g/mol. The fourth-order valence-corrected chi connectivity index (χ4v) is 0.956. The van der Waals surface area contributed by atoms with Crippen LogP contribution in [-0.4, -0.2) is 12.4 Å². The van der Waals surface area contributed by atoms with E-state index in [-0.39, 0.29) is 18.1 Å². The average Bonchev–Trinajstić information content (AvgIpc) is 2.15. The van der Waals surface area contributed by atoms with Crippen LogP contribution in [0.3, 0.4) is 0 Å².